The second-order valence-corrected chi connectivity index (χ2v) is 7.95. The number of hydrogen-bond acceptors (Lipinski definition) is 3. The SMILES string of the molecule is COc1ccccc1CNC(=O)CCNC(=O)N1CCc2c([nH]c3ccc(Cl)cc23)C1. The molecule has 0 saturated carbocycles. The Morgan fingerprint density at radius 3 is 2.87 bits per heavy atom. The van der Waals surface area contributed by atoms with Gasteiger partial charge in [-0.15, -0.1) is 0 Å². The van der Waals surface area contributed by atoms with Crippen LogP contribution in [0, 0.1) is 0 Å². The molecule has 0 saturated heterocycles. The summed E-state index contributed by atoms with van der Waals surface area (Å²) in [6.45, 7) is 1.80. The van der Waals surface area contributed by atoms with E-state index in [0.29, 0.717) is 24.7 Å². The maximum atomic E-state index is 12.6. The molecule has 31 heavy (non-hydrogen) atoms. The topological polar surface area (TPSA) is 86.5 Å². The molecule has 3 aromatic rings. The minimum atomic E-state index is -0.167. The first kappa shape index (κ1) is 21.1. The first-order chi connectivity index (χ1) is 15.0. The number of nitrogens with one attached hydrogen (secondary N) is 3. The minimum absolute atomic E-state index is 0.125. The number of carbonyl (C=O) groups excluding carboxylic acids is 2. The monoisotopic (exact) mass is 440 g/mol. The van der Waals surface area contributed by atoms with Crippen molar-refractivity contribution in [3.05, 3.63) is 64.3 Å². The van der Waals surface area contributed by atoms with Gasteiger partial charge in [0, 0.05) is 53.2 Å². The number of fused-ring (bicyclic) bond motifs is 3. The van der Waals surface area contributed by atoms with E-state index in [9.17, 15) is 9.59 Å². The Labute approximate surface area is 185 Å². The third kappa shape index (κ3) is 4.77. The number of nitrogens with zero attached hydrogens (tertiary/aromatic N) is 1. The van der Waals surface area contributed by atoms with Crippen molar-refractivity contribution in [2.24, 2.45) is 0 Å². The van der Waals surface area contributed by atoms with Crippen molar-refractivity contribution in [2.75, 3.05) is 20.2 Å². The van der Waals surface area contributed by atoms with Crippen molar-refractivity contribution in [1.29, 1.82) is 0 Å². The number of rotatable bonds is 6. The van der Waals surface area contributed by atoms with Crippen LogP contribution in [0.4, 0.5) is 4.79 Å². The number of aromatic nitrogens is 1. The van der Waals surface area contributed by atoms with Crippen LogP contribution in [0.2, 0.25) is 5.02 Å². The number of methoxy groups -OCH3 is 1. The molecule has 0 aliphatic carbocycles. The van der Waals surface area contributed by atoms with Crippen molar-refractivity contribution >= 4 is 34.4 Å². The molecule has 0 bridgehead atoms. The summed E-state index contributed by atoms with van der Waals surface area (Å²) in [5.41, 5.74) is 4.19. The number of ether oxygens (including phenoxy) is 1. The van der Waals surface area contributed by atoms with Gasteiger partial charge in [0.05, 0.1) is 13.7 Å². The molecule has 1 aliphatic rings. The maximum Gasteiger partial charge on any atom is 0.317 e. The number of H-pyrrole nitrogens is 1. The standard InChI is InChI=1S/C23H25ClN4O3/c1-31-21-5-3-2-4-15(21)13-26-22(29)8-10-25-23(30)28-11-9-17-18-12-16(24)6-7-19(18)27-20(17)14-28/h2-7,12,27H,8-11,13-14H2,1H3,(H,25,30)(H,26,29). The predicted octanol–water partition coefficient (Wildman–Crippen LogP) is 3.60. The summed E-state index contributed by atoms with van der Waals surface area (Å²) in [5.74, 6) is 0.611. The van der Waals surface area contributed by atoms with Crippen LogP contribution < -0.4 is 15.4 Å². The molecule has 0 radical (unpaired) electrons. The summed E-state index contributed by atoms with van der Waals surface area (Å²) in [5, 5.41) is 7.53. The van der Waals surface area contributed by atoms with Crippen LogP contribution >= 0.6 is 11.6 Å². The third-order valence-corrected chi connectivity index (χ3v) is 5.76. The quantitative estimate of drug-likeness (QED) is 0.547. The highest BCUT2D eigenvalue weighted by Gasteiger charge is 2.24. The third-order valence-electron chi connectivity index (χ3n) is 5.52. The van der Waals surface area contributed by atoms with Gasteiger partial charge < -0.3 is 25.3 Å². The van der Waals surface area contributed by atoms with Crippen molar-refractivity contribution in [1.82, 2.24) is 20.5 Å². The molecule has 0 spiro atoms. The second kappa shape index (κ2) is 9.31. The average molecular weight is 441 g/mol. The van der Waals surface area contributed by atoms with Crippen LogP contribution in [0.15, 0.2) is 42.5 Å². The Morgan fingerprint density at radius 1 is 1.19 bits per heavy atom. The molecule has 0 unspecified atom stereocenters. The van der Waals surface area contributed by atoms with Gasteiger partial charge in [-0.3, -0.25) is 4.79 Å². The zero-order chi connectivity index (χ0) is 21.8. The van der Waals surface area contributed by atoms with E-state index in [-0.39, 0.29) is 24.9 Å². The molecule has 0 atom stereocenters. The summed E-state index contributed by atoms with van der Waals surface area (Å²) >= 11 is 6.12. The number of halogens is 1. The predicted molar refractivity (Wildman–Crippen MR) is 120 cm³/mol. The average Bonchev–Trinajstić information content (AvgIpc) is 3.14. The van der Waals surface area contributed by atoms with Crippen LogP contribution in [-0.2, 0) is 24.3 Å². The zero-order valence-corrected chi connectivity index (χ0v) is 18.1. The van der Waals surface area contributed by atoms with Gasteiger partial charge in [-0.2, -0.15) is 0 Å². The molecular formula is C23H25ClN4O3. The number of para-hydroxylation sites is 1. The van der Waals surface area contributed by atoms with Gasteiger partial charge in [-0.05, 0) is 36.2 Å². The van der Waals surface area contributed by atoms with Crippen molar-refractivity contribution in [3.63, 3.8) is 0 Å². The molecule has 1 aromatic heterocycles. The fourth-order valence-corrected chi connectivity index (χ4v) is 4.08. The molecule has 8 heteroatoms. The van der Waals surface area contributed by atoms with Gasteiger partial charge in [0.25, 0.3) is 0 Å². The highest BCUT2D eigenvalue weighted by Crippen LogP contribution is 2.29. The number of hydrogen-bond donors (Lipinski definition) is 3. The number of amides is 3. The van der Waals surface area contributed by atoms with Crippen LogP contribution in [0.3, 0.4) is 0 Å². The molecule has 3 N–H and O–H groups in total. The molecular weight excluding hydrogens is 416 g/mol. The van der Waals surface area contributed by atoms with E-state index in [1.807, 2.05) is 42.5 Å². The van der Waals surface area contributed by atoms with Gasteiger partial charge >= 0.3 is 6.03 Å². The van der Waals surface area contributed by atoms with E-state index in [0.717, 1.165) is 34.3 Å². The van der Waals surface area contributed by atoms with Crippen molar-refractivity contribution in [2.45, 2.75) is 25.9 Å². The molecule has 162 valence electrons. The van der Waals surface area contributed by atoms with Crippen molar-refractivity contribution < 1.29 is 14.3 Å². The first-order valence-corrected chi connectivity index (χ1v) is 10.6. The Kier molecular flexibility index (Phi) is 6.32. The van der Waals surface area contributed by atoms with Crippen molar-refractivity contribution in [3.8, 4) is 5.75 Å². The van der Waals surface area contributed by atoms with Gasteiger partial charge in [0.15, 0.2) is 0 Å². The molecule has 7 nitrogen and oxygen atoms in total. The molecule has 3 amide bonds. The molecule has 1 aliphatic heterocycles. The summed E-state index contributed by atoms with van der Waals surface area (Å²) < 4.78 is 5.28. The smallest absolute Gasteiger partial charge is 0.317 e. The number of carbonyl (C=O) groups is 2. The highest BCUT2D eigenvalue weighted by molar-refractivity contribution is 6.31. The van der Waals surface area contributed by atoms with Crippen LogP contribution in [-0.4, -0.2) is 42.0 Å². The van der Waals surface area contributed by atoms with E-state index < -0.39 is 0 Å². The van der Waals surface area contributed by atoms with E-state index >= 15 is 0 Å². The zero-order valence-electron chi connectivity index (χ0n) is 17.3. The fraction of sp³-hybridized carbons (Fsp3) is 0.304. The first-order valence-electron chi connectivity index (χ1n) is 10.3. The Bertz CT molecular complexity index is 1110. The van der Waals surface area contributed by atoms with Gasteiger partial charge in [0.2, 0.25) is 5.91 Å². The number of benzene rings is 2. The Hall–Kier alpha value is -3.19. The van der Waals surface area contributed by atoms with Crippen LogP contribution in [0.25, 0.3) is 10.9 Å². The van der Waals surface area contributed by atoms with Gasteiger partial charge in [0.1, 0.15) is 5.75 Å². The summed E-state index contributed by atoms with van der Waals surface area (Å²) in [6, 6.07) is 13.2. The minimum Gasteiger partial charge on any atom is -0.496 e. The van der Waals surface area contributed by atoms with Gasteiger partial charge in [-0.25, -0.2) is 4.79 Å². The number of aromatic amines is 1. The number of urea groups is 1. The Morgan fingerprint density at radius 2 is 2.03 bits per heavy atom. The van der Waals surface area contributed by atoms with E-state index in [1.165, 1.54) is 5.56 Å². The van der Waals surface area contributed by atoms with E-state index in [1.54, 1.807) is 12.0 Å². The molecule has 0 fully saturated rings. The molecule has 2 aromatic carbocycles. The summed E-state index contributed by atoms with van der Waals surface area (Å²) in [7, 11) is 1.60. The molecule has 2 heterocycles. The lowest BCUT2D eigenvalue weighted by atomic mass is 10.0. The summed E-state index contributed by atoms with van der Waals surface area (Å²) in [6.07, 6.45) is 0.980. The van der Waals surface area contributed by atoms with Crippen LogP contribution in [0.1, 0.15) is 23.2 Å². The molecule has 4 rings (SSSR count). The maximum absolute atomic E-state index is 12.6. The largest absolute Gasteiger partial charge is 0.496 e. The highest BCUT2D eigenvalue weighted by atomic mass is 35.5. The lowest BCUT2D eigenvalue weighted by molar-refractivity contribution is -0.121. The summed E-state index contributed by atoms with van der Waals surface area (Å²) in [4.78, 5) is 29.8. The Balaban J connectivity index is 1.25. The van der Waals surface area contributed by atoms with E-state index in [2.05, 4.69) is 15.6 Å². The second-order valence-electron chi connectivity index (χ2n) is 7.51. The van der Waals surface area contributed by atoms with Gasteiger partial charge in [-0.1, -0.05) is 29.8 Å². The van der Waals surface area contributed by atoms with Crippen LogP contribution in [0.5, 0.6) is 5.75 Å². The normalized spacial score (nSPS) is 13.0. The lowest BCUT2D eigenvalue weighted by Crippen LogP contribution is -2.43. The lowest BCUT2D eigenvalue weighted by Gasteiger charge is -2.27. The fourth-order valence-electron chi connectivity index (χ4n) is 3.91. The van der Waals surface area contributed by atoms with E-state index in [4.69, 9.17) is 16.3 Å².